The Morgan fingerprint density at radius 3 is 1.98 bits per heavy atom. The van der Waals surface area contributed by atoms with Crippen LogP contribution in [0.2, 0.25) is 0 Å². The second-order valence-corrected chi connectivity index (χ2v) is 10.6. The van der Waals surface area contributed by atoms with Gasteiger partial charge in [-0.15, -0.1) is 0 Å². The normalized spacial score (nSPS) is 11.0. The smallest absolute Gasteiger partial charge is 0.338 e. The molecular weight excluding hydrogens is 582 g/mol. The van der Waals surface area contributed by atoms with Crippen molar-refractivity contribution in [2.75, 3.05) is 31.3 Å². The van der Waals surface area contributed by atoms with Crippen molar-refractivity contribution in [1.82, 2.24) is 0 Å². The van der Waals surface area contributed by atoms with Crippen molar-refractivity contribution in [3.63, 3.8) is 0 Å². The SMILES string of the molecule is CCCCCOc1ccc(OC(=O)/C=C/c2ccc(OCCCCCCCCOC(=O)c3cc(N)cc(N)c3)cc2)c(F)c1F. The molecule has 3 aromatic carbocycles. The van der Waals surface area contributed by atoms with Gasteiger partial charge in [0.2, 0.25) is 11.6 Å². The maximum Gasteiger partial charge on any atom is 0.338 e. The van der Waals surface area contributed by atoms with E-state index in [9.17, 15) is 18.4 Å². The number of halogens is 2. The predicted molar refractivity (Wildman–Crippen MR) is 171 cm³/mol. The lowest BCUT2D eigenvalue weighted by Crippen LogP contribution is -2.07. The van der Waals surface area contributed by atoms with Crippen LogP contribution in [0, 0.1) is 11.6 Å². The summed E-state index contributed by atoms with van der Waals surface area (Å²) in [5.74, 6) is -3.74. The molecule has 0 aromatic heterocycles. The quantitative estimate of drug-likeness (QED) is 0.0454. The molecule has 0 aliphatic carbocycles. The zero-order valence-electron chi connectivity index (χ0n) is 25.7. The van der Waals surface area contributed by atoms with Crippen LogP contribution in [-0.2, 0) is 9.53 Å². The maximum absolute atomic E-state index is 14.3. The number of carbonyl (C=O) groups excluding carboxylic acids is 2. The van der Waals surface area contributed by atoms with Crippen molar-refractivity contribution < 1.29 is 37.3 Å². The highest BCUT2D eigenvalue weighted by Crippen LogP contribution is 2.28. The van der Waals surface area contributed by atoms with Crippen LogP contribution in [-0.4, -0.2) is 31.8 Å². The summed E-state index contributed by atoms with van der Waals surface area (Å²) in [5.41, 5.74) is 13.3. The number of nitrogen functional groups attached to an aromatic ring is 2. The van der Waals surface area contributed by atoms with Gasteiger partial charge in [0.15, 0.2) is 11.5 Å². The minimum Gasteiger partial charge on any atom is -0.494 e. The molecule has 0 amide bonds. The predicted octanol–water partition coefficient (Wildman–Crippen LogP) is 7.89. The molecule has 0 saturated carbocycles. The van der Waals surface area contributed by atoms with Crippen molar-refractivity contribution in [3.05, 3.63) is 83.4 Å². The number of rotatable bonds is 19. The van der Waals surface area contributed by atoms with Gasteiger partial charge in [-0.05, 0) is 73.4 Å². The molecule has 0 aliphatic rings. The first-order valence-electron chi connectivity index (χ1n) is 15.3. The molecule has 0 aliphatic heterocycles. The van der Waals surface area contributed by atoms with Crippen LogP contribution in [0.15, 0.2) is 60.7 Å². The lowest BCUT2D eigenvalue weighted by molar-refractivity contribution is -0.129. The summed E-state index contributed by atoms with van der Waals surface area (Å²) in [6, 6.07) is 14.2. The Kier molecular flexibility index (Phi) is 14.7. The number of unbranched alkanes of at least 4 members (excludes halogenated alkanes) is 7. The van der Waals surface area contributed by atoms with E-state index in [1.54, 1.807) is 42.5 Å². The van der Waals surface area contributed by atoms with Gasteiger partial charge in [-0.2, -0.15) is 8.78 Å². The maximum atomic E-state index is 14.3. The van der Waals surface area contributed by atoms with Gasteiger partial charge in [-0.3, -0.25) is 0 Å². The summed E-state index contributed by atoms with van der Waals surface area (Å²) >= 11 is 0. The van der Waals surface area contributed by atoms with Crippen molar-refractivity contribution in [3.8, 4) is 17.2 Å². The molecule has 242 valence electrons. The van der Waals surface area contributed by atoms with E-state index in [2.05, 4.69) is 0 Å². The van der Waals surface area contributed by atoms with Gasteiger partial charge in [-0.25, -0.2) is 9.59 Å². The monoisotopic (exact) mass is 624 g/mol. The number of ether oxygens (including phenoxy) is 4. The third kappa shape index (κ3) is 12.5. The van der Waals surface area contributed by atoms with Crippen molar-refractivity contribution in [2.45, 2.75) is 64.7 Å². The molecule has 0 unspecified atom stereocenters. The molecule has 0 atom stereocenters. The molecule has 4 N–H and O–H groups in total. The van der Waals surface area contributed by atoms with E-state index in [1.807, 2.05) is 6.92 Å². The number of benzene rings is 3. The Morgan fingerprint density at radius 1 is 0.711 bits per heavy atom. The van der Waals surface area contributed by atoms with E-state index in [-0.39, 0.29) is 12.4 Å². The molecule has 0 radical (unpaired) electrons. The highest BCUT2D eigenvalue weighted by atomic mass is 19.2. The lowest BCUT2D eigenvalue weighted by Gasteiger charge is -2.09. The third-order valence-electron chi connectivity index (χ3n) is 6.77. The Hall–Kier alpha value is -4.60. The Bertz CT molecular complexity index is 1390. The van der Waals surface area contributed by atoms with Crippen LogP contribution in [0.3, 0.4) is 0 Å². The Labute approximate surface area is 263 Å². The molecule has 10 heteroatoms. The summed E-state index contributed by atoms with van der Waals surface area (Å²) in [4.78, 5) is 24.2. The number of hydrogen-bond donors (Lipinski definition) is 2. The van der Waals surface area contributed by atoms with Gasteiger partial charge >= 0.3 is 11.9 Å². The van der Waals surface area contributed by atoms with E-state index < -0.39 is 29.3 Å². The van der Waals surface area contributed by atoms with Gasteiger partial charge in [0.05, 0.1) is 25.4 Å². The molecule has 0 heterocycles. The summed E-state index contributed by atoms with van der Waals surface area (Å²) in [6.45, 7) is 3.24. The summed E-state index contributed by atoms with van der Waals surface area (Å²) in [5, 5.41) is 0. The average Bonchev–Trinajstić information content (AvgIpc) is 3.02. The van der Waals surface area contributed by atoms with E-state index in [0.717, 1.165) is 63.9 Å². The minimum atomic E-state index is -1.27. The molecule has 3 aromatic rings. The summed E-state index contributed by atoms with van der Waals surface area (Å²) < 4.78 is 49.9. The van der Waals surface area contributed by atoms with Crippen LogP contribution >= 0.6 is 0 Å². The Balaban J connectivity index is 1.27. The number of anilines is 2. The van der Waals surface area contributed by atoms with Crippen LogP contribution in [0.25, 0.3) is 6.08 Å². The minimum absolute atomic E-state index is 0.212. The molecule has 3 rings (SSSR count). The fourth-order valence-electron chi connectivity index (χ4n) is 4.36. The van der Waals surface area contributed by atoms with Gasteiger partial charge < -0.3 is 30.4 Å². The molecule has 0 saturated heterocycles. The van der Waals surface area contributed by atoms with Gasteiger partial charge in [0.25, 0.3) is 0 Å². The fraction of sp³-hybridized carbons (Fsp3) is 0.371. The van der Waals surface area contributed by atoms with Gasteiger partial charge in [-0.1, -0.05) is 57.6 Å². The number of esters is 2. The van der Waals surface area contributed by atoms with Gasteiger partial charge in [0, 0.05) is 17.5 Å². The van der Waals surface area contributed by atoms with Crippen molar-refractivity contribution in [2.24, 2.45) is 0 Å². The topological polar surface area (TPSA) is 123 Å². The fourth-order valence-corrected chi connectivity index (χ4v) is 4.36. The van der Waals surface area contributed by atoms with Crippen LogP contribution in [0.5, 0.6) is 17.2 Å². The highest BCUT2D eigenvalue weighted by molar-refractivity contribution is 5.91. The van der Waals surface area contributed by atoms with Crippen molar-refractivity contribution in [1.29, 1.82) is 0 Å². The van der Waals surface area contributed by atoms with Crippen molar-refractivity contribution >= 4 is 29.4 Å². The largest absolute Gasteiger partial charge is 0.494 e. The second kappa shape index (κ2) is 18.9. The lowest BCUT2D eigenvalue weighted by atomic mass is 10.1. The second-order valence-electron chi connectivity index (χ2n) is 10.6. The first-order valence-corrected chi connectivity index (χ1v) is 15.3. The average molecular weight is 625 g/mol. The zero-order valence-corrected chi connectivity index (χ0v) is 25.7. The molecular formula is C35H42F2N2O6. The molecule has 0 fully saturated rings. The Morgan fingerprint density at radius 2 is 1.29 bits per heavy atom. The first kappa shape index (κ1) is 34.9. The molecule has 8 nitrogen and oxygen atoms in total. The third-order valence-corrected chi connectivity index (χ3v) is 6.77. The van der Waals surface area contributed by atoms with E-state index in [4.69, 9.17) is 30.4 Å². The highest BCUT2D eigenvalue weighted by Gasteiger charge is 2.17. The molecule has 0 bridgehead atoms. The number of nitrogens with two attached hydrogens (primary N) is 2. The van der Waals surface area contributed by atoms with E-state index >= 15 is 0 Å². The summed E-state index contributed by atoms with van der Waals surface area (Å²) in [7, 11) is 0. The molecule has 45 heavy (non-hydrogen) atoms. The number of carbonyl (C=O) groups is 2. The first-order chi connectivity index (χ1) is 21.8. The van der Waals surface area contributed by atoms with Gasteiger partial charge in [0.1, 0.15) is 5.75 Å². The van der Waals surface area contributed by atoms with E-state index in [0.29, 0.717) is 41.5 Å². The number of hydrogen-bond acceptors (Lipinski definition) is 8. The van der Waals surface area contributed by atoms with E-state index in [1.165, 1.54) is 18.2 Å². The standard InChI is InChI=1S/C35H42F2N2O6/c1-2-3-8-20-43-30-16-17-31(34(37)33(30)36)45-32(40)18-13-25-11-14-29(15-12-25)42-19-9-6-4-5-7-10-21-44-35(41)26-22-27(38)24-28(39)23-26/h11-18,22-24H,2-10,19-21,38-39H2,1H3/b18-13+. The van der Waals surface area contributed by atoms with Crippen LogP contribution in [0.4, 0.5) is 20.2 Å². The summed E-state index contributed by atoms with van der Waals surface area (Å²) in [6.07, 6.45) is 11.1. The zero-order chi connectivity index (χ0) is 32.4. The molecule has 0 spiro atoms. The van der Waals surface area contributed by atoms with Crippen LogP contribution < -0.4 is 25.7 Å². The van der Waals surface area contributed by atoms with Crippen LogP contribution in [0.1, 0.15) is 80.6 Å².